The van der Waals surface area contributed by atoms with Crippen LogP contribution in [0.5, 0.6) is 0 Å². The Morgan fingerprint density at radius 1 is 1.25 bits per heavy atom. The molecule has 0 aliphatic carbocycles. The summed E-state index contributed by atoms with van der Waals surface area (Å²) in [4.78, 5) is 38.9. The molecule has 0 bridgehead atoms. The van der Waals surface area contributed by atoms with Crippen molar-refractivity contribution < 1.29 is 69.4 Å². The van der Waals surface area contributed by atoms with Crippen molar-refractivity contribution in [2.75, 3.05) is 19.0 Å². The summed E-state index contributed by atoms with van der Waals surface area (Å²) in [5.41, 5.74) is 2.46. The molecule has 1 aliphatic heterocycles. The molecular weight excluding hydrogens is 536 g/mol. The first-order chi connectivity index (χ1) is 14.4. The van der Waals surface area contributed by atoms with Gasteiger partial charge >= 0.3 is 23.5 Å². The van der Waals surface area contributed by atoms with E-state index in [1.54, 1.807) is 0 Å². The lowest BCUT2D eigenvalue weighted by atomic mass is 9.98. The highest BCUT2D eigenvalue weighted by atomic mass is 32.1. The summed E-state index contributed by atoms with van der Waals surface area (Å²) < 4.78 is 92.0. The lowest BCUT2D eigenvalue weighted by Crippen LogP contribution is -2.48. The van der Waals surface area contributed by atoms with Crippen molar-refractivity contribution in [2.24, 2.45) is 0 Å². The summed E-state index contributed by atoms with van der Waals surface area (Å²) in [6.45, 7) is -3.29. The van der Waals surface area contributed by atoms with Gasteiger partial charge in [0.15, 0.2) is 29.6 Å². The number of rotatable bonds is 9. The standard InChI is InChI=1S/C10H15F3N3O12P3S/c11-2-10(3-25-30(21,22)28-31(23,24)27-29(18,19)20)6(17)5(13)8(26-10)16-1-4(12)7(14)15-9(16)32/h1,5-6,8,17H,2-3H2,(H,21,22)(H,23,24)(H2,14,15,32)(H2,18,19,20)/t5?,6?,8?,10-/m1/s1. The van der Waals surface area contributed by atoms with Crippen molar-refractivity contribution >= 4 is 41.5 Å². The second-order valence-corrected chi connectivity index (χ2v) is 10.9. The predicted octanol–water partition coefficient (Wildman–Crippen LogP) is 0.613. The molecule has 15 nitrogen and oxygen atoms in total. The zero-order chi connectivity index (χ0) is 24.7. The normalized spacial score (nSPS) is 30.1. The number of aliphatic hydroxyl groups excluding tert-OH is 1. The van der Waals surface area contributed by atoms with Crippen molar-refractivity contribution in [1.82, 2.24) is 9.55 Å². The average Bonchev–Trinajstić information content (AvgIpc) is 2.85. The fourth-order valence-corrected chi connectivity index (χ4v) is 5.77. The van der Waals surface area contributed by atoms with Gasteiger partial charge in [0.2, 0.25) is 4.77 Å². The first-order valence-electron chi connectivity index (χ1n) is 7.80. The van der Waals surface area contributed by atoms with E-state index in [9.17, 15) is 36.9 Å². The van der Waals surface area contributed by atoms with Crippen molar-refractivity contribution in [3.63, 3.8) is 0 Å². The molecule has 2 rings (SSSR count). The van der Waals surface area contributed by atoms with Crippen molar-refractivity contribution in [3.8, 4) is 0 Å². The SMILES string of the molecule is Nc1nc(=S)n(C2O[C@](CF)(COP(=O)(O)OP(=O)(O)OP(=O)(O)O)C(O)C2F)cc1F. The Balaban J connectivity index is 2.24. The molecule has 1 aliphatic rings. The van der Waals surface area contributed by atoms with Crippen LogP contribution in [0.15, 0.2) is 6.20 Å². The van der Waals surface area contributed by atoms with Gasteiger partial charge in [-0.3, -0.25) is 9.09 Å². The highest BCUT2D eigenvalue weighted by Crippen LogP contribution is 2.66. The largest absolute Gasteiger partial charge is 0.490 e. The number of nitrogens with zero attached hydrogens (tertiary/aromatic N) is 2. The van der Waals surface area contributed by atoms with Crippen LogP contribution in [0.2, 0.25) is 0 Å². The van der Waals surface area contributed by atoms with E-state index in [1.807, 2.05) is 0 Å². The molecule has 5 unspecified atom stereocenters. The fraction of sp³-hybridized carbons (Fsp3) is 0.600. The Bertz CT molecular complexity index is 1070. The van der Waals surface area contributed by atoms with Crippen molar-refractivity contribution in [1.29, 1.82) is 0 Å². The van der Waals surface area contributed by atoms with E-state index < -0.39 is 77.3 Å². The van der Waals surface area contributed by atoms with Crippen LogP contribution in [0.25, 0.3) is 0 Å². The van der Waals surface area contributed by atoms with E-state index >= 15 is 0 Å². The van der Waals surface area contributed by atoms with E-state index in [-0.39, 0.29) is 0 Å². The van der Waals surface area contributed by atoms with Crippen LogP contribution in [-0.2, 0) is 31.6 Å². The summed E-state index contributed by atoms with van der Waals surface area (Å²) in [6, 6.07) is 0. The van der Waals surface area contributed by atoms with Gasteiger partial charge in [-0.25, -0.2) is 26.9 Å². The number of anilines is 1. The number of nitrogens with two attached hydrogens (primary N) is 1. The topological polar surface area (TPSA) is 233 Å². The average molecular weight is 551 g/mol. The van der Waals surface area contributed by atoms with Crippen molar-refractivity contribution in [2.45, 2.75) is 24.1 Å². The zero-order valence-electron chi connectivity index (χ0n) is 15.2. The fourth-order valence-electron chi connectivity index (χ4n) is 2.43. The number of phosphoric ester groups is 1. The molecule has 0 saturated carbocycles. The van der Waals surface area contributed by atoms with Crippen LogP contribution in [0.3, 0.4) is 0 Å². The number of aromatic nitrogens is 2. The van der Waals surface area contributed by atoms with Crippen LogP contribution < -0.4 is 5.73 Å². The van der Waals surface area contributed by atoms with Gasteiger partial charge in [-0.15, -0.1) is 0 Å². The van der Waals surface area contributed by atoms with E-state index in [4.69, 9.17) is 37.4 Å². The van der Waals surface area contributed by atoms with Gasteiger partial charge < -0.3 is 35.2 Å². The number of nitrogen functional groups attached to an aromatic ring is 1. The number of hydrogen-bond acceptors (Lipinski definition) is 11. The van der Waals surface area contributed by atoms with Gasteiger partial charge in [-0.2, -0.15) is 13.6 Å². The van der Waals surface area contributed by atoms with Crippen LogP contribution in [0.4, 0.5) is 19.0 Å². The summed E-state index contributed by atoms with van der Waals surface area (Å²) >= 11 is 4.78. The maximum Gasteiger partial charge on any atom is 0.490 e. The second kappa shape index (κ2) is 9.46. The Morgan fingerprint density at radius 3 is 2.38 bits per heavy atom. The summed E-state index contributed by atoms with van der Waals surface area (Å²) in [7, 11) is -17.3. The number of alkyl halides is 2. The Hall–Kier alpha value is -0.780. The molecule has 1 saturated heterocycles. The minimum absolute atomic E-state index is 0.536. The first-order valence-corrected chi connectivity index (χ1v) is 12.7. The minimum Gasteiger partial charge on any atom is -0.387 e. The Labute approximate surface area is 181 Å². The molecule has 0 radical (unpaired) electrons. The number of ether oxygens (including phenoxy) is 1. The molecule has 2 heterocycles. The van der Waals surface area contributed by atoms with Crippen LogP contribution >= 0.6 is 35.7 Å². The van der Waals surface area contributed by atoms with E-state index in [2.05, 4.69) is 18.1 Å². The Kier molecular flexibility index (Phi) is 8.12. The molecule has 184 valence electrons. The van der Waals surface area contributed by atoms with Gasteiger partial charge in [0.05, 0.1) is 6.61 Å². The maximum absolute atomic E-state index is 14.6. The Morgan fingerprint density at radius 2 is 1.84 bits per heavy atom. The third-order valence-corrected chi connectivity index (χ3v) is 7.88. The lowest BCUT2D eigenvalue weighted by Gasteiger charge is -2.29. The smallest absolute Gasteiger partial charge is 0.387 e. The molecular formula is C10H15F3N3O12P3S. The molecule has 7 N–H and O–H groups in total. The predicted molar refractivity (Wildman–Crippen MR) is 97.0 cm³/mol. The molecule has 1 fully saturated rings. The quantitative estimate of drug-likeness (QED) is 0.182. The number of hydrogen-bond donors (Lipinski definition) is 6. The van der Waals surface area contributed by atoms with Gasteiger partial charge in [0, 0.05) is 6.20 Å². The van der Waals surface area contributed by atoms with Gasteiger partial charge in [-0.05, 0) is 12.2 Å². The first kappa shape index (κ1) is 27.5. The molecule has 0 amide bonds. The summed E-state index contributed by atoms with van der Waals surface area (Å²) in [5.74, 6) is -1.82. The zero-order valence-corrected chi connectivity index (χ0v) is 18.7. The van der Waals surface area contributed by atoms with E-state index in [0.29, 0.717) is 10.8 Å². The summed E-state index contributed by atoms with van der Waals surface area (Å²) in [6.07, 6.45) is -6.41. The molecule has 32 heavy (non-hydrogen) atoms. The molecule has 6 atom stereocenters. The van der Waals surface area contributed by atoms with Gasteiger partial charge in [0.1, 0.15) is 12.8 Å². The molecule has 1 aromatic heterocycles. The number of halogens is 3. The molecule has 1 aromatic rings. The third kappa shape index (κ3) is 6.42. The monoisotopic (exact) mass is 551 g/mol. The molecule has 22 heteroatoms. The number of phosphoric acid groups is 3. The van der Waals surface area contributed by atoms with Crippen molar-refractivity contribution in [3.05, 3.63) is 16.8 Å². The van der Waals surface area contributed by atoms with Gasteiger partial charge in [-0.1, -0.05) is 0 Å². The maximum atomic E-state index is 14.6. The molecule has 0 aromatic carbocycles. The minimum atomic E-state index is -5.88. The lowest BCUT2D eigenvalue weighted by molar-refractivity contribution is -0.135. The number of aliphatic hydroxyl groups is 1. The highest BCUT2D eigenvalue weighted by molar-refractivity contribution is 7.71. The molecule has 0 spiro atoms. The van der Waals surface area contributed by atoms with E-state index in [1.165, 1.54) is 0 Å². The van der Waals surface area contributed by atoms with Crippen LogP contribution in [-0.4, -0.2) is 65.4 Å². The highest BCUT2D eigenvalue weighted by Gasteiger charge is 2.58. The second-order valence-electron chi connectivity index (χ2n) is 6.12. The van der Waals surface area contributed by atoms with Crippen LogP contribution in [0, 0.1) is 10.6 Å². The third-order valence-electron chi connectivity index (χ3n) is 3.79. The van der Waals surface area contributed by atoms with E-state index in [0.717, 1.165) is 0 Å². The summed E-state index contributed by atoms with van der Waals surface area (Å²) in [5, 5.41) is 10.1. The van der Waals surface area contributed by atoms with Crippen LogP contribution in [0.1, 0.15) is 6.23 Å². The van der Waals surface area contributed by atoms with Gasteiger partial charge in [0.25, 0.3) is 0 Å².